The Hall–Kier alpha value is -4.39. The first-order valence-electron chi connectivity index (χ1n) is 17.8. The first-order chi connectivity index (χ1) is 25.0. The van der Waals surface area contributed by atoms with Gasteiger partial charge < -0.3 is 4.90 Å². The standard InChI is InChI=1S/C44H44F5N3S/c1-9-30-19-32(25(2)21-50)15-16-38(30)52(23-29-17-33(31-13-14-31)20-34(18-29)43(6,7)8)26(3)22-51-24-35-36(11-10-12-37(35)45)44(48,49)39-27(4)28(5)40(46)41(47)42(39)53-51/h10-12,15-20,31H,2-3,9,13-14,22-24H2,1,4-8H3. The molecule has 0 unspecified atom stereocenters. The third-order valence-electron chi connectivity index (χ3n) is 10.5. The Morgan fingerprint density at radius 1 is 1.00 bits per heavy atom. The lowest BCUT2D eigenvalue weighted by molar-refractivity contribution is 0.0358. The van der Waals surface area contributed by atoms with E-state index >= 15 is 22.0 Å². The fourth-order valence-corrected chi connectivity index (χ4v) is 8.26. The summed E-state index contributed by atoms with van der Waals surface area (Å²) in [4.78, 5) is 1.51. The van der Waals surface area contributed by atoms with Crippen LogP contribution in [0.3, 0.4) is 0 Å². The molecule has 6 rings (SSSR count). The van der Waals surface area contributed by atoms with Gasteiger partial charge in [-0.15, -0.1) is 0 Å². The molecule has 4 aromatic carbocycles. The Morgan fingerprint density at radius 3 is 2.36 bits per heavy atom. The van der Waals surface area contributed by atoms with Crippen molar-refractivity contribution in [2.45, 2.75) is 96.0 Å². The number of benzene rings is 4. The van der Waals surface area contributed by atoms with E-state index in [1.807, 2.05) is 30.0 Å². The minimum absolute atomic E-state index is 0.0122. The van der Waals surface area contributed by atoms with Crippen molar-refractivity contribution in [2.75, 3.05) is 11.4 Å². The van der Waals surface area contributed by atoms with E-state index in [4.69, 9.17) is 0 Å². The topological polar surface area (TPSA) is 30.3 Å². The van der Waals surface area contributed by atoms with E-state index in [0.29, 0.717) is 47.7 Å². The molecule has 53 heavy (non-hydrogen) atoms. The summed E-state index contributed by atoms with van der Waals surface area (Å²) >= 11 is 0.653. The highest BCUT2D eigenvalue weighted by Gasteiger charge is 2.45. The lowest BCUT2D eigenvalue weighted by Gasteiger charge is -2.35. The number of rotatable bonds is 9. The van der Waals surface area contributed by atoms with Crippen molar-refractivity contribution in [3.05, 3.63) is 147 Å². The third kappa shape index (κ3) is 7.41. The highest BCUT2D eigenvalue weighted by Crippen LogP contribution is 2.50. The Labute approximate surface area is 314 Å². The van der Waals surface area contributed by atoms with Gasteiger partial charge >= 0.3 is 0 Å². The molecule has 0 saturated heterocycles. The second-order valence-electron chi connectivity index (χ2n) is 15.2. The van der Waals surface area contributed by atoms with Crippen LogP contribution >= 0.6 is 11.9 Å². The van der Waals surface area contributed by atoms with Crippen molar-refractivity contribution in [3.8, 4) is 6.07 Å². The quantitative estimate of drug-likeness (QED) is 0.0971. The zero-order valence-electron chi connectivity index (χ0n) is 31.1. The number of nitrogens with zero attached hydrogens (tertiary/aromatic N) is 3. The Balaban J connectivity index is 1.48. The minimum Gasteiger partial charge on any atom is -0.340 e. The lowest BCUT2D eigenvalue weighted by atomic mass is 9.84. The molecular formula is C44H44F5N3S. The number of aryl methyl sites for hydroxylation is 1. The molecule has 4 aromatic rings. The number of anilines is 1. The monoisotopic (exact) mass is 741 g/mol. The van der Waals surface area contributed by atoms with Crippen LogP contribution in [0, 0.1) is 42.6 Å². The SMILES string of the molecule is C=C(C#N)c1ccc(N(Cc2cc(C3CC3)cc(C(C)(C)C)c2)C(=C)CN2Cc3c(F)cccc3C(F)(F)c3c(C)c(C)c(F)c(F)c3S2)c(CC)c1. The normalized spacial score (nSPS) is 15.5. The van der Waals surface area contributed by atoms with Gasteiger partial charge in [0.05, 0.1) is 16.5 Å². The molecule has 1 aliphatic heterocycles. The number of nitriles is 1. The highest BCUT2D eigenvalue weighted by atomic mass is 32.2. The Morgan fingerprint density at radius 2 is 1.72 bits per heavy atom. The van der Waals surface area contributed by atoms with Crippen LogP contribution < -0.4 is 4.90 Å². The van der Waals surface area contributed by atoms with Crippen LogP contribution in [0.15, 0.2) is 78.3 Å². The van der Waals surface area contributed by atoms with Crippen molar-refractivity contribution in [3.63, 3.8) is 0 Å². The van der Waals surface area contributed by atoms with Crippen LogP contribution in [0.4, 0.5) is 27.6 Å². The summed E-state index contributed by atoms with van der Waals surface area (Å²) in [6, 6.07) is 18.0. The number of halogens is 5. The van der Waals surface area contributed by atoms with E-state index < -0.39 is 39.4 Å². The van der Waals surface area contributed by atoms with Crippen molar-refractivity contribution in [1.82, 2.24) is 4.31 Å². The summed E-state index contributed by atoms with van der Waals surface area (Å²) in [6.45, 7) is 19.6. The van der Waals surface area contributed by atoms with Gasteiger partial charge in [0, 0.05) is 47.7 Å². The van der Waals surface area contributed by atoms with Crippen molar-refractivity contribution >= 4 is 23.2 Å². The molecule has 0 N–H and O–H groups in total. The Kier molecular flexibility index (Phi) is 10.5. The summed E-state index contributed by atoms with van der Waals surface area (Å²) in [5, 5.41) is 9.56. The van der Waals surface area contributed by atoms with Crippen LogP contribution in [0.5, 0.6) is 0 Å². The predicted molar refractivity (Wildman–Crippen MR) is 204 cm³/mol. The van der Waals surface area contributed by atoms with Gasteiger partial charge in [0.25, 0.3) is 5.92 Å². The van der Waals surface area contributed by atoms with Gasteiger partial charge in [-0.25, -0.2) is 17.5 Å². The molecule has 0 atom stereocenters. The van der Waals surface area contributed by atoms with Crippen LogP contribution in [0.25, 0.3) is 5.57 Å². The van der Waals surface area contributed by atoms with Gasteiger partial charge in [-0.1, -0.05) is 77.3 Å². The summed E-state index contributed by atoms with van der Waals surface area (Å²) in [5.74, 6) is -6.66. The molecule has 1 aliphatic carbocycles. The van der Waals surface area contributed by atoms with Gasteiger partial charge in [-0.05, 0) is 114 Å². The second kappa shape index (κ2) is 14.4. The number of fused-ring (bicyclic) bond motifs is 2. The zero-order valence-corrected chi connectivity index (χ0v) is 31.9. The summed E-state index contributed by atoms with van der Waals surface area (Å²) in [5.41, 5.74) is 4.91. The number of hydrogen-bond acceptors (Lipinski definition) is 4. The van der Waals surface area contributed by atoms with Gasteiger partial charge in [0.15, 0.2) is 11.6 Å². The molecule has 1 saturated carbocycles. The van der Waals surface area contributed by atoms with Crippen molar-refractivity contribution < 1.29 is 22.0 Å². The number of hydrogen-bond donors (Lipinski definition) is 0. The Bertz CT molecular complexity index is 2170. The highest BCUT2D eigenvalue weighted by molar-refractivity contribution is 7.97. The van der Waals surface area contributed by atoms with Crippen LogP contribution in [-0.4, -0.2) is 10.8 Å². The molecule has 0 bridgehead atoms. The van der Waals surface area contributed by atoms with Crippen LogP contribution in [0.1, 0.15) is 102 Å². The van der Waals surface area contributed by atoms with E-state index in [1.165, 1.54) is 31.0 Å². The summed E-state index contributed by atoms with van der Waals surface area (Å²) < 4.78 is 81.0. The zero-order chi connectivity index (χ0) is 38.6. The number of allylic oxidation sites excluding steroid dienone is 1. The fraction of sp³-hybridized carbons (Fsp3) is 0.341. The minimum atomic E-state index is -3.79. The second-order valence-corrected chi connectivity index (χ2v) is 16.3. The molecule has 1 fully saturated rings. The molecule has 1 heterocycles. The van der Waals surface area contributed by atoms with Gasteiger partial charge in [-0.3, -0.25) is 0 Å². The molecule has 0 spiro atoms. The summed E-state index contributed by atoms with van der Waals surface area (Å²) in [7, 11) is 0. The molecule has 0 amide bonds. The molecule has 3 nitrogen and oxygen atoms in total. The molecule has 0 aromatic heterocycles. The third-order valence-corrected chi connectivity index (χ3v) is 11.5. The van der Waals surface area contributed by atoms with E-state index in [2.05, 4.69) is 58.2 Å². The van der Waals surface area contributed by atoms with Crippen LogP contribution in [-0.2, 0) is 30.8 Å². The molecule has 2 aliphatic rings. The van der Waals surface area contributed by atoms with E-state index in [0.717, 1.165) is 41.8 Å². The average Bonchev–Trinajstić information content (AvgIpc) is 3.97. The molecule has 9 heteroatoms. The van der Waals surface area contributed by atoms with Gasteiger partial charge in [-0.2, -0.15) is 14.0 Å². The average molecular weight is 742 g/mol. The molecule has 0 radical (unpaired) electrons. The lowest BCUT2D eigenvalue weighted by Crippen LogP contribution is -2.33. The van der Waals surface area contributed by atoms with Crippen LogP contribution in [0.2, 0.25) is 0 Å². The fourth-order valence-electron chi connectivity index (χ4n) is 7.05. The smallest absolute Gasteiger partial charge is 0.300 e. The van der Waals surface area contributed by atoms with E-state index in [1.54, 1.807) is 4.31 Å². The van der Waals surface area contributed by atoms with Gasteiger partial charge in [0.2, 0.25) is 0 Å². The van der Waals surface area contributed by atoms with Crippen molar-refractivity contribution in [1.29, 1.82) is 5.26 Å². The first kappa shape index (κ1) is 38.3. The van der Waals surface area contributed by atoms with Gasteiger partial charge in [0.1, 0.15) is 5.82 Å². The maximum absolute atomic E-state index is 16.4. The van der Waals surface area contributed by atoms with E-state index in [-0.39, 0.29) is 35.2 Å². The first-order valence-corrected chi connectivity index (χ1v) is 18.6. The van der Waals surface area contributed by atoms with E-state index in [9.17, 15) is 5.26 Å². The molecule has 276 valence electrons. The predicted octanol–water partition coefficient (Wildman–Crippen LogP) is 12.2. The number of alkyl halides is 2. The largest absolute Gasteiger partial charge is 0.340 e. The maximum Gasteiger partial charge on any atom is 0.300 e. The molecular weight excluding hydrogens is 698 g/mol. The van der Waals surface area contributed by atoms with Crippen molar-refractivity contribution in [2.24, 2.45) is 0 Å². The summed E-state index contributed by atoms with van der Waals surface area (Å²) in [6.07, 6.45) is 2.88. The maximum atomic E-state index is 16.4.